The number of carbonyl (C=O) groups excluding carboxylic acids is 1. The summed E-state index contributed by atoms with van der Waals surface area (Å²) in [7, 11) is 1.71. The van der Waals surface area contributed by atoms with Gasteiger partial charge in [0.15, 0.2) is 0 Å². The molecule has 0 aliphatic carbocycles. The van der Waals surface area contributed by atoms with Crippen molar-refractivity contribution < 1.29 is 4.79 Å². The Labute approximate surface area is 144 Å². The third kappa shape index (κ3) is 3.28. The first-order valence-corrected chi connectivity index (χ1v) is 7.77. The van der Waals surface area contributed by atoms with Crippen molar-refractivity contribution in [2.24, 2.45) is 0 Å². The molecule has 3 rings (SSSR count). The number of pyridine rings is 1. The van der Waals surface area contributed by atoms with Crippen LogP contribution in [0.3, 0.4) is 0 Å². The van der Waals surface area contributed by atoms with Gasteiger partial charge in [-0.2, -0.15) is 0 Å². The van der Waals surface area contributed by atoms with E-state index in [9.17, 15) is 4.79 Å². The molecule has 1 amide bonds. The van der Waals surface area contributed by atoms with Gasteiger partial charge in [-0.3, -0.25) is 9.78 Å². The molecule has 2 heterocycles. The zero-order valence-electron chi connectivity index (χ0n) is 13.3. The van der Waals surface area contributed by atoms with Crippen LogP contribution in [0.1, 0.15) is 22.0 Å². The Kier molecular flexibility index (Phi) is 4.57. The molecule has 0 saturated heterocycles. The molecule has 3 aromatic rings. The maximum atomic E-state index is 12.6. The number of rotatable bonds is 4. The smallest absolute Gasteiger partial charge is 0.293 e. The van der Waals surface area contributed by atoms with Crippen molar-refractivity contribution in [1.82, 2.24) is 24.6 Å². The zero-order valence-corrected chi connectivity index (χ0v) is 14.1. The lowest BCUT2D eigenvalue weighted by Gasteiger charge is -2.14. The lowest BCUT2D eigenvalue weighted by atomic mass is 10.2. The van der Waals surface area contributed by atoms with E-state index in [2.05, 4.69) is 15.1 Å². The predicted octanol–water partition coefficient (Wildman–Crippen LogP) is 2.90. The summed E-state index contributed by atoms with van der Waals surface area (Å²) in [4.78, 5) is 22.4. The highest BCUT2D eigenvalue weighted by Gasteiger charge is 2.20. The van der Waals surface area contributed by atoms with E-state index < -0.39 is 0 Å². The number of halogens is 1. The van der Waals surface area contributed by atoms with Crippen molar-refractivity contribution >= 4 is 17.5 Å². The number of benzene rings is 1. The van der Waals surface area contributed by atoms with Crippen LogP contribution in [0.5, 0.6) is 0 Å². The Balaban J connectivity index is 1.84. The summed E-state index contributed by atoms with van der Waals surface area (Å²) in [5.74, 6) is 0.479. The molecular weight excluding hydrogens is 326 g/mol. The molecule has 1 aromatic carbocycles. The number of hydrogen-bond acceptors (Lipinski definition) is 4. The summed E-state index contributed by atoms with van der Waals surface area (Å²) >= 11 is 6.20. The number of nitrogens with zero attached hydrogens (tertiary/aromatic N) is 5. The average Bonchev–Trinajstić information content (AvgIpc) is 2.97. The van der Waals surface area contributed by atoms with Gasteiger partial charge >= 0.3 is 0 Å². The molecule has 0 atom stereocenters. The van der Waals surface area contributed by atoms with Crippen molar-refractivity contribution in [2.45, 2.75) is 13.5 Å². The molecule has 122 valence electrons. The Morgan fingerprint density at radius 2 is 2.04 bits per heavy atom. The number of amides is 1. The average molecular weight is 342 g/mol. The largest absolute Gasteiger partial charge is 0.335 e. The first-order valence-electron chi connectivity index (χ1n) is 7.39. The second kappa shape index (κ2) is 6.80. The molecule has 0 aliphatic heterocycles. The Hall–Kier alpha value is -2.73. The molecule has 6 nitrogen and oxygen atoms in total. The summed E-state index contributed by atoms with van der Waals surface area (Å²) in [5.41, 5.74) is 1.63. The minimum atomic E-state index is -0.257. The number of aryl methyl sites for hydroxylation is 1. The number of aromatic nitrogens is 4. The summed E-state index contributed by atoms with van der Waals surface area (Å²) in [5, 5.41) is 4.87. The van der Waals surface area contributed by atoms with Crippen molar-refractivity contribution in [3.05, 3.63) is 71.0 Å². The summed E-state index contributed by atoms with van der Waals surface area (Å²) in [6.45, 7) is 2.22. The molecule has 0 unspecified atom stereocenters. The molecule has 0 bridgehead atoms. The summed E-state index contributed by atoms with van der Waals surface area (Å²) < 4.78 is 1.58. The van der Waals surface area contributed by atoms with Crippen LogP contribution < -0.4 is 0 Å². The van der Waals surface area contributed by atoms with E-state index in [1.54, 1.807) is 42.0 Å². The van der Waals surface area contributed by atoms with Crippen LogP contribution in [0.25, 0.3) is 5.69 Å². The van der Waals surface area contributed by atoms with Gasteiger partial charge in [0.2, 0.25) is 5.82 Å². The maximum Gasteiger partial charge on any atom is 0.293 e. The fraction of sp³-hybridized carbons (Fsp3) is 0.176. The van der Waals surface area contributed by atoms with Crippen LogP contribution in [0, 0.1) is 6.92 Å². The summed E-state index contributed by atoms with van der Waals surface area (Å²) in [6.07, 6.45) is 3.42. The van der Waals surface area contributed by atoms with Gasteiger partial charge < -0.3 is 4.90 Å². The van der Waals surface area contributed by atoms with Gasteiger partial charge in [0.25, 0.3) is 5.91 Å². The Bertz CT molecular complexity index is 862. The quantitative estimate of drug-likeness (QED) is 0.732. The third-order valence-electron chi connectivity index (χ3n) is 3.53. The lowest BCUT2D eigenvalue weighted by Crippen LogP contribution is -2.27. The minimum Gasteiger partial charge on any atom is -0.335 e. The van der Waals surface area contributed by atoms with E-state index in [1.165, 1.54) is 0 Å². The van der Waals surface area contributed by atoms with Gasteiger partial charge in [-0.1, -0.05) is 29.8 Å². The van der Waals surface area contributed by atoms with Crippen LogP contribution in [0.15, 0.2) is 48.8 Å². The number of para-hydroxylation sites is 1. The van der Waals surface area contributed by atoms with Crippen molar-refractivity contribution in [3.63, 3.8) is 0 Å². The maximum absolute atomic E-state index is 12.6. The van der Waals surface area contributed by atoms with Crippen molar-refractivity contribution in [3.8, 4) is 5.69 Å². The highest BCUT2D eigenvalue weighted by molar-refractivity contribution is 6.32. The molecule has 24 heavy (non-hydrogen) atoms. The van der Waals surface area contributed by atoms with E-state index in [4.69, 9.17) is 11.6 Å². The normalized spacial score (nSPS) is 10.6. The highest BCUT2D eigenvalue weighted by Crippen LogP contribution is 2.20. The van der Waals surface area contributed by atoms with Gasteiger partial charge in [-0.25, -0.2) is 9.67 Å². The molecule has 0 N–H and O–H groups in total. The topological polar surface area (TPSA) is 63.9 Å². The van der Waals surface area contributed by atoms with Crippen molar-refractivity contribution in [2.75, 3.05) is 7.05 Å². The first-order chi connectivity index (χ1) is 11.6. The van der Waals surface area contributed by atoms with E-state index in [-0.39, 0.29) is 11.7 Å². The Morgan fingerprint density at radius 3 is 2.75 bits per heavy atom. The minimum absolute atomic E-state index is 0.138. The molecule has 0 fully saturated rings. The first kappa shape index (κ1) is 16.1. The molecule has 0 saturated carbocycles. The van der Waals surface area contributed by atoms with E-state index in [1.807, 2.05) is 30.3 Å². The molecule has 0 spiro atoms. The van der Waals surface area contributed by atoms with Crippen molar-refractivity contribution in [1.29, 1.82) is 0 Å². The second-order valence-electron chi connectivity index (χ2n) is 5.37. The van der Waals surface area contributed by atoms with Crippen LogP contribution in [0.2, 0.25) is 5.02 Å². The van der Waals surface area contributed by atoms with Crippen LogP contribution in [-0.4, -0.2) is 37.6 Å². The second-order valence-corrected chi connectivity index (χ2v) is 5.78. The SMILES string of the molecule is Cc1nc(C(=O)N(C)Cc2cccnc2)nn1-c1ccccc1Cl. The zero-order chi connectivity index (χ0) is 17.1. The predicted molar refractivity (Wildman–Crippen MR) is 91.1 cm³/mol. The third-order valence-corrected chi connectivity index (χ3v) is 3.85. The highest BCUT2D eigenvalue weighted by atomic mass is 35.5. The van der Waals surface area contributed by atoms with Gasteiger partial charge in [-0.05, 0) is 30.7 Å². The lowest BCUT2D eigenvalue weighted by molar-refractivity contribution is 0.0773. The fourth-order valence-corrected chi connectivity index (χ4v) is 2.56. The Morgan fingerprint density at radius 1 is 1.25 bits per heavy atom. The van der Waals surface area contributed by atoms with Gasteiger partial charge in [0.1, 0.15) is 5.82 Å². The van der Waals surface area contributed by atoms with E-state index >= 15 is 0 Å². The number of hydrogen-bond donors (Lipinski definition) is 0. The van der Waals surface area contributed by atoms with Gasteiger partial charge in [0.05, 0.1) is 10.7 Å². The van der Waals surface area contributed by atoms with Gasteiger partial charge in [0, 0.05) is 26.0 Å². The number of carbonyl (C=O) groups is 1. The molecular formula is C17H16ClN5O. The molecule has 0 aliphatic rings. The van der Waals surface area contributed by atoms with Crippen LogP contribution in [0.4, 0.5) is 0 Å². The molecule has 7 heteroatoms. The monoisotopic (exact) mass is 341 g/mol. The van der Waals surface area contributed by atoms with Gasteiger partial charge in [-0.15, -0.1) is 5.10 Å². The van der Waals surface area contributed by atoms with E-state index in [0.717, 1.165) is 5.56 Å². The molecule has 0 radical (unpaired) electrons. The standard InChI is InChI=1S/C17H16ClN5O/c1-12-20-16(21-23(12)15-8-4-3-7-14(15)18)17(24)22(2)11-13-6-5-9-19-10-13/h3-10H,11H2,1-2H3. The van der Waals surface area contributed by atoms with Crippen LogP contribution >= 0.6 is 11.6 Å². The summed E-state index contributed by atoms with van der Waals surface area (Å²) in [6, 6.07) is 11.1. The van der Waals surface area contributed by atoms with E-state index in [0.29, 0.717) is 23.1 Å². The van der Waals surface area contributed by atoms with Crippen LogP contribution in [-0.2, 0) is 6.54 Å². The fourth-order valence-electron chi connectivity index (χ4n) is 2.34. The molecule has 2 aromatic heterocycles.